The average molecular weight is 284 g/mol. The first-order chi connectivity index (χ1) is 9.54. The molecule has 20 heavy (non-hydrogen) atoms. The van der Waals surface area contributed by atoms with Crippen LogP contribution in [0.2, 0.25) is 0 Å². The molecule has 0 aliphatic heterocycles. The highest BCUT2D eigenvalue weighted by Gasteiger charge is 2.28. The number of halogens is 3. The van der Waals surface area contributed by atoms with Gasteiger partial charge in [0.25, 0.3) is 0 Å². The van der Waals surface area contributed by atoms with Crippen LogP contribution in [0.4, 0.5) is 13.2 Å². The fourth-order valence-corrected chi connectivity index (χ4v) is 3.33. The fourth-order valence-electron chi connectivity index (χ4n) is 3.33. The van der Waals surface area contributed by atoms with Crippen molar-refractivity contribution in [2.45, 2.75) is 64.7 Å². The lowest BCUT2D eigenvalue weighted by Gasteiger charge is -2.29. The van der Waals surface area contributed by atoms with Gasteiger partial charge in [0.1, 0.15) is 5.82 Å². The minimum atomic E-state index is -0.973. The Morgan fingerprint density at radius 1 is 1.05 bits per heavy atom. The molecule has 0 spiro atoms. The van der Waals surface area contributed by atoms with E-state index in [4.69, 9.17) is 0 Å². The summed E-state index contributed by atoms with van der Waals surface area (Å²) in [5.41, 5.74) is 0.0161. The molecule has 0 radical (unpaired) electrons. The molecule has 1 aliphatic rings. The van der Waals surface area contributed by atoms with Gasteiger partial charge in [-0.15, -0.1) is 0 Å². The zero-order chi connectivity index (χ0) is 14.7. The topological polar surface area (TPSA) is 0 Å². The molecular weight excluding hydrogens is 261 g/mol. The van der Waals surface area contributed by atoms with E-state index in [1.165, 1.54) is 26.2 Å². The molecule has 0 heterocycles. The Bertz CT molecular complexity index is 460. The van der Waals surface area contributed by atoms with Crippen molar-refractivity contribution in [2.24, 2.45) is 5.92 Å². The second kappa shape index (κ2) is 6.64. The Hall–Kier alpha value is -0.990. The van der Waals surface area contributed by atoms with Crippen molar-refractivity contribution in [1.82, 2.24) is 0 Å². The van der Waals surface area contributed by atoms with E-state index in [1.807, 2.05) is 0 Å². The van der Waals surface area contributed by atoms with Gasteiger partial charge in [-0.05, 0) is 56.1 Å². The lowest BCUT2D eigenvalue weighted by atomic mass is 9.76. The predicted octanol–water partition coefficient (Wildman–Crippen LogP) is 5.88. The van der Waals surface area contributed by atoms with Crippen LogP contribution in [0.1, 0.15) is 68.9 Å². The van der Waals surface area contributed by atoms with Crippen molar-refractivity contribution in [3.8, 4) is 0 Å². The summed E-state index contributed by atoms with van der Waals surface area (Å²) >= 11 is 0. The van der Waals surface area contributed by atoms with Crippen LogP contribution in [0.5, 0.6) is 0 Å². The number of unbranched alkanes of at least 4 members (excludes halogenated alkanes) is 1. The molecule has 1 saturated carbocycles. The SMILES string of the molecule is CCCCC1CCC(c2c(F)cc(C)c(F)c2F)CC1. The molecule has 0 aromatic heterocycles. The van der Waals surface area contributed by atoms with Crippen LogP contribution in [0.3, 0.4) is 0 Å². The number of aryl methyl sites for hydroxylation is 1. The smallest absolute Gasteiger partial charge is 0.165 e. The summed E-state index contributed by atoms with van der Waals surface area (Å²) in [5.74, 6) is -1.94. The van der Waals surface area contributed by atoms with E-state index >= 15 is 0 Å². The summed E-state index contributed by atoms with van der Waals surface area (Å²) in [5, 5.41) is 0. The van der Waals surface area contributed by atoms with E-state index in [2.05, 4.69) is 6.92 Å². The molecule has 1 aromatic carbocycles. The summed E-state index contributed by atoms with van der Waals surface area (Å²) in [6.07, 6.45) is 7.15. The normalized spacial score (nSPS) is 23.1. The van der Waals surface area contributed by atoms with Crippen molar-refractivity contribution in [1.29, 1.82) is 0 Å². The van der Waals surface area contributed by atoms with Crippen LogP contribution in [-0.2, 0) is 0 Å². The number of rotatable bonds is 4. The van der Waals surface area contributed by atoms with Crippen LogP contribution in [0.15, 0.2) is 6.07 Å². The van der Waals surface area contributed by atoms with Gasteiger partial charge in [-0.2, -0.15) is 0 Å². The summed E-state index contributed by atoms with van der Waals surface area (Å²) in [4.78, 5) is 0. The van der Waals surface area contributed by atoms with Crippen LogP contribution in [0.25, 0.3) is 0 Å². The van der Waals surface area contributed by atoms with Gasteiger partial charge in [0, 0.05) is 5.56 Å². The Kier molecular flexibility index (Phi) is 5.11. The Balaban J connectivity index is 2.09. The molecule has 1 aliphatic carbocycles. The molecule has 112 valence electrons. The van der Waals surface area contributed by atoms with Gasteiger partial charge in [0.2, 0.25) is 0 Å². The average Bonchev–Trinajstić information content (AvgIpc) is 2.44. The quantitative estimate of drug-likeness (QED) is 0.606. The monoisotopic (exact) mass is 284 g/mol. The van der Waals surface area contributed by atoms with Crippen molar-refractivity contribution in [2.75, 3.05) is 0 Å². The highest BCUT2D eigenvalue weighted by atomic mass is 19.2. The molecule has 0 atom stereocenters. The maximum Gasteiger partial charge on any atom is 0.165 e. The zero-order valence-electron chi connectivity index (χ0n) is 12.3. The minimum absolute atomic E-state index is 0.0259. The molecule has 3 heteroatoms. The first kappa shape index (κ1) is 15.4. The molecular formula is C17H23F3. The molecule has 0 bridgehead atoms. The van der Waals surface area contributed by atoms with Gasteiger partial charge in [-0.1, -0.05) is 26.2 Å². The van der Waals surface area contributed by atoms with Crippen molar-refractivity contribution in [3.63, 3.8) is 0 Å². The Morgan fingerprint density at radius 3 is 2.30 bits per heavy atom. The largest absolute Gasteiger partial charge is 0.207 e. The van der Waals surface area contributed by atoms with Gasteiger partial charge in [-0.25, -0.2) is 13.2 Å². The van der Waals surface area contributed by atoms with Crippen LogP contribution in [0, 0.1) is 30.3 Å². The summed E-state index contributed by atoms with van der Waals surface area (Å²) < 4.78 is 41.6. The van der Waals surface area contributed by atoms with Crippen LogP contribution in [-0.4, -0.2) is 0 Å². The first-order valence-corrected chi connectivity index (χ1v) is 7.68. The second-order valence-electron chi connectivity index (χ2n) is 6.08. The van der Waals surface area contributed by atoms with Gasteiger partial charge in [-0.3, -0.25) is 0 Å². The molecule has 1 aromatic rings. The zero-order valence-corrected chi connectivity index (χ0v) is 12.3. The van der Waals surface area contributed by atoms with E-state index < -0.39 is 17.5 Å². The molecule has 0 N–H and O–H groups in total. The number of benzene rings is 1. The van der Waals surface area contributed by atoms with E-state index in [9.17, 15) is 13.2 Å². The van der Waals surface area contributed by atoms with Gasteiger partial charge in [0.05, 0.1) is 0 Å². The van der Waals surface area contributed by atoms with Crippen LogP contribution < -0.4 is 0 Å². The van der Waals surface area contributed by atoms with Gasteiger partial charge < -0.3 is 0 Å². The summed E-state index contributed by atoms with van der Waals surface area (Å²) in [6, 6.07) is 1.12. The maximum absolute atomic E-state index is 14.0. The standard InChI is InChI=1S/C17H23F3/c1-3-4-5-12-6-8-13(9-7-12)15-14(18)10-11(2)16(19)17(15)20/h10,12-13H,3-9H2,1-2H3. The van der Waals surface area contributed by atoms with E-state index in [0.717, 1.165) is 31.7 Å². The van der Waals surface area contributed by atoms with Gasteiger partial charge >= 0.3 is 0 Å². The Morgan fingerprint density at radius 2 is 1.70 bits per heavy atom. The minimum Gasteiger partial charge on any atom is -0.207 e. The lowest BCUT2D eigenvalue weighted by Crippen LogP contribution is -2.16. The third-order valence-corrected chi connectivity index (χ3v) is 4.60. The summed E-state index contributed by atoms with van der Waals surface area (Å²) in [7, 11) is 0. The fraction of sp³-hybridized carbons (Fsp3) is 0.647. The Labute approximate surface area is 119 Å². The molecule has 2 rings (SSSR count). The third-order valence-electron chi connectivity index (χ3n) is 4.60. The highest BCUT2D eigenvalue weighted by molar-refractivity contribution is 5.30. The molecule has 0 saturated heterocycles. The highest BCUT2D eigenvalue weighted by Crippen LogP contribution is 2.40. The first-order valence-electron chi connectivity index (χ1n) is 7.68. The number of hydrogen-bond acceptors (Lipinski definition) is 0. The lowest BCUT2D eigenvalue weighted by molar-refractivity contribution is 0.294. The third kappa shape index (κ3) is 3.18. The van der Waals surface area contributed by atoms with Crippen LogP contribution >= 0.6 is 0 Å². The molecule has 1 fully saturated rings. The van der Waals surface area contributed by atoms with E-state index in [1.54, 1.807) is 0 Å². The van der Waals surface area contributed by atoms with Crippen molar-refractivity contribution < 1.29 is 13.2 Å². The van der Waals surface area contributed by atoms with E-state index in [0.29, 0.717) is 5.92 Å². The predicted molar refractivity (Wildman–Crippen MR) is 75.3 cm³/mol. The molecule has 0 unspecified atom stereocenters. The maximum atomic E-state index is 14.0. The molecule has 0 amide bonds. The van der Waals surface area contributed by atoms with E-state index in [-0.39, 0.29) is 17.0 Å². The van der Waals surface area contributed by atoms with Crippen molar-refractivity contribution in [3.05, 3.63) is 34.6 Å². The van der Waals surface area contributed by atoms with Crippen molar-refractivity contribution >= 4 is 0 Å². The number of hydrogen-bond donors (Lipinski definition) is 0. The second-order valence-corrected chi connectivity index (χ2v) is 6.08. The summed E-state index contributed by atoms with van der Waals surface area (Å²) in [6.45, 7) is 3.57. The van der Waals surface area contributed by atoms with Gasteiger partial charge in [0.15, 0.2) is 11.6 Å². The molecule has 0 nitrogen and oxygen atoms in total.